The van der Waals surface area contributed by atoms with Crippen LogP contribution in [0.2, 0.25) is 6.32 Å². The average molecular weight is 135 g/mol. The minimum atomic E-state index is 1.24. The van der Waals surface area contributed by atoms with Gasteiger partial charge in [0.1, 0.15) is 0 Å². The molecule has 0 aromatic heterocycles. The summed E-state index contributed by atoms with van der Waals surface area (Å²) in [5.41, 5.74) is 0. The van der Waals surface area contributed by atoms with Crippen molar-refractivity contribution in [3.63, 3.8) is 0 Å². The number of hydrogen-bond donors (Lipinski definition) is 1. The summed E-state index contributed by atoms with van der Waals surface area (Å²) in [5.74, 6) is 0. The van der Waals surface area contributed by atoms with Gasteiger partial charge >= 0.3 is 0 Å². The van der Waals surface area contributed by atoms with E-state index in [-0.39, 0.29) is 0 Å². The van der Waals surface area contributed by atoms with Crippen molar-refractivity contribution in [1.29, 1.82) is 0 Å². The topological polar surface area (TPSA) is 12.0 Å². The van der Waals surface area contributed by atoms with E-state index in [2.05, 4.69) is 11.6 Å². The largest absolute Gasteiger partial charge is 0.259 e. The van der Waals surface area contributed by atoms with E-state index < -0.39 is 0 Å². The molecule has 0 rings (SSSR count). The van der Waals surface area contributed by atoms with Gasteiger partial charge in [0.25, 0.3) is 0 Å². The van der Waals surface area contributed by atoms with Gasteiger partial charge in [0.15, 0.2) is 0 Å². The predicted molar refractivity (Wildman–Crippen MR) is 41.9 cm³/mol. The Morgan fingerprint density at radius 2 is 2.43 bits per heavy atom. The smallest absolute Gasteiger partial charge is 0.207 e. The van der Waals surface area contributed by atoms with Crippen molar-refractivity contribution in [3.05, 3.63) is 0 Å². The predicted octanol–water partition coefficient (Wildman–Crippen LogP) is 1.29. The lowest BCUT2D eigenvalue weighted by molar-refractivity contribution is 1.31. The lowest BCUT2D eigenvalue weighted by Gasteiger charge is -1.90. The highest BCUT2D eigenvalue weighted by Crippen LogP contribution is 2.14. The van der Waals surface area contributed by atoms with Gasteiger partial charge in [-0.1, -0.05) is 13.2 Å². The van der Waals surface area contributed by atoms with Crippen molar-refractivity contribution in [1.82, 2.24) is 4.72 Å². The van der Waals surface area contributed by atoms with Crippen LogP contribution in [0.15, 0.2) is 0 Å². The molecule has 0 spiro atoms. The first kappa shape index (κ1) is 7.72. The van der Waals surface area contributed by atoms with Crippen LogP contribution in [-0.4, -0.2) is 13.6 Å². The van der Waals surface area contributed by atoms with Crippen LogP contribution in [0.4, 0.5) is 0 Å². The van der Waals surface area contributed by atoms with E-state index in [0.29, 0.717) is 0 Å². The summed E-state index contributed by atoms with van der Waals surface area (Å²) in [4.78, 5) is 0. The molecule has 0 aromatic carbocycles. The van der Waals surface area contributed by atoms with E-state index >= 15 is 0 Å². The molecule has 0 saturated heterocycles. The summed E-state index contributed by atoms with van der Waals surface area (Å²) in [5, 5.41) is 0. The van der Waals surface area contributed by atoms with E-state index in [4.69, 9.17) is 0 Å². The summed E-state index contributed by atoms with van der Waals surface area (Å²) in [7, 11) is 5.50. The third kappa shape index (κ3) is 6.72. The summed E-state index contributed by atoms with van der Waals surface area (Å²) in [6, 6.07) is 0. The van der Waals surface area contributed by atoms with E-state index in [0.717, 1.165) is 0 Å². The molecule has 7 heavy (non-hydrogen) atoms. The maximum absolute atomic E-state index is 2.98. The van der Waals surface area contributed by atoms with Gasteiger partial charge in [-0.2, -0.15) is 0 Å². The van der Waals surface area contributed by atoms with Crippen LogP contribution in [0.1, 0.15) is 6.92 Å². The van der Waals surface area contributed by atoms with Gasteiger partial charge in [0.2, 0.25) is 6.56 Å². The summed E-state index contributed by atoms with van der Waals surface area (Å²) >= 11 is 0. The van der Waals surface area contributed by atoms with Gasteiger partial charge in [-0.25, -0.2) is 0 Å². The van der Waals surface area contributed by atoms with Gasteiger partial charge in [-0.15, -0.1) is 10.6 Å². The van der Waals surface area contributed by atoms with Gasteiger partial charge in [0.05, 0.1) is 0 Å². The first-order valence-electron chi connectivity index (χ1n) is 2.37. The lowest BCUT2D eigenvalue weighted by atomic mass is 10.1. The molecule has 0 radical (unpaired) electrons. The van der Waals surface area contributed by atoms with Gasteiger partial charge < -0.3 is 0 Å². The van der Waals surface area contributed by atoms with Crippen LogP contribution in [-0.2, 0) is 0 Å². The molecule has 0 atom stereocenters. The molecule has 0 saturated carbocycles. The van der Waals surface area contributed by atoms with Crippen LogP contribution in [0.25, 0.3) is 0 Å². The Morgan fingerprint density at radius 3 is 2.86 bits per heavy atom. The number of rotatable bonds is 4. The van der Waals surface area contributed by atoms with E-state index in [9.17, 15) is 0 Å². The van der Waals surface area contributed by atoms with E-state index in [1.54, 1.807) is 11.0 Å². The zero-order valence-electron chi connectivity index (χ0n) is 4.73. The second-order valence-electron chi connectivity index (χ2n) is 1.11. The fourth-order valence-corrected chi connectivity index (χ4v) is 1.66. The van der Waals surface area contributed by atoms with Crippen molar-refractivity contribution in [2.75, 3.05) is 7.05 Å². The molecule has 0 bridgehead atoms. The first-order chi connectivity index (χ1) is 3.41. The Balaban J connectivity index is 2.45. The van der Waals surface area contributed by atoms with Crippen molar-refractivity contribution < 1.29 is 0 Å². The minimum absolute atomic E-state index is 1.24. The third-order valence-electron chi connectivity index (χ3n) is 0.430. The molecule has 0 aromatic rings. The second kappa shape index (κ2) is 6.72. The van der Waals surface area contributed by atoms with E-state index in [1.165, 1.54) is 12.9 Å². The van der Waals surface area contributed by atoms with Crippen molar-refractivity contribution in [3.8, 4) is 0 Å². The molecule has 0 aliphatic rings. The van der Waals surface area contributed by atoms with Crippen molar-refractivity contribution in [2.45, 2.75) is 13.2 Å². The van der Waals surface area contributed by atoms with Crippen LogP contribution in [0, 0.1) is 0 Å². The molecule has 0 heterocycles. The maximum Gasteiger partial charge on any atom is 0.207 e. The Morgan fingerprint density at radius 1 is 1.71 bits per heavy atom. The Bertz CT molecular complexity index is 32.1. The quantitative estimate of drug-likeness (QED) is 0.270. The zero-order chi connectivity index (χ0) is 5.54. The van der Waals surface area contributed by atoms with Gasteiger partial charge in [0, 0.05) is 0 Å². The van der Waals surface area contributed by atoms with Crippen LogP contribution in [0.5, 0.6) is 0 Å². The highest BCUT2D eigenvalue weighted by molar-refractivity contribution is 8.84. The minimum Gasteiger partial charge on any atom is -0.259 e. The molecule has 0 fully saturated rings. The lowest BCUT2D eigenvalue weighted by Crippen LogP contribution is -1.87. The number of hydrogen-bond acceptors (Lipinski definition) is 3. The monoisotopic (exact) mass is 135 g/mol. The summed E-state index contributed by atoms with van der Waals surface area (Å²) in [6.07, 6.45) is 1.26. The van der Waals surface area contributed by atoms with Crippen LogP contribution < -0.4 is 4.72 Å². The van der Waals surface area contributed by atoms with Crippen molar-refractivity contribution in [2.24, 2.45) is 0 Å². The molecule has 0 aliphatic heterocycles. The molecule has 0 aliphatic carbocycles. The molecule has 42 valence electrons. The zero-order valence-corrected chi connectivity index (χ0v) is 6.36. The Hall–Kier alpha value is 0.725. The summed E-state index contributed by atoms with van der Waals surface area (Å²) in [6.45, 7) is 3.43. The first-order valence-corrected chi connectivity index (χ1v) is 4.69. The van der Waals surface area contributed by atoms with Crippen LogP contribution >= 0.6 is 21.6 Å². The molecule has 4 heteroatoms. The Kier molecular flexibility index (Phi) is 7.42. The standard InChI is InChI=1S/C3H10BNS2/c1-3-4-6-7-5-2/h4-5H,3H2,1-2H3. The van der Waals surface area contributed by atoms with Gasteiger partial charge in [-0.05, 0) is 18.0 Å². The number of nitrogens with one attached hydrogen (secondary N) is 1. The van der Waals surface area contributed by atoms with E-state index in [1.807, 2.05) is 17.7 Å². The second-order valence-corrected chi connectivity index (χ2v) is 3.54. The molecule has 0 unspecified atom stereocenters. The summed E-state index contributed by atoms with van der Waals surface area (Å²) < 4.78 is 2.98. The molecule has 1 nitrogen and oxygen atoms in total. The molecular formula is C3H10BNS2. The normalized spacial score (nSPS) is 8.86. The maximum atomic E-state index is 2.98. The third-order valence-corrected chi connectivity index (χ3v) is 2.64. The fourth-order valence-electron chi connectivity index (χ4n) is 0.184. The highest BCUT2D eigenvalue weighted by Gasteiger charge is 1.83. The molecule has 0 amide bonds. The highest BCUT2D eigenvalue weighted by atomic mass is 33.1. The van der Waals surface area contributed by atoms with Crippen molar-refractivity contribution >= 4 is 28.2 Å². The fraction of sp³-hybridized carbons (Fsp3) is 1.00. The SMILES string of the molecule is CCBSSNC. The van der Waals surface area contributed by atoms with Crippen LogP contribution in [0.3, 0.4) is 0 Å². The Labute approximate surface area is 53.7 Å². The molecule has 1 N–H and O–H groups in total. The average Bonchev–Trinajstić information content (AvgIpc) is 1.69. The van der Waals surface area contributed by atoms with Gasteiger partial charge in [-0.3, -0.25) is 4.72 Å². The molecular weight excluding hydrogens is 125 g/mol.